The predicted octanol–water partition coefficient (Wildman–Crippen LogP) is 4.57. The molecule has 4 nitrogen and oxygen atoms in total. The third-order valence-electron chi connectivity index (χ3n) is 5.09. The summed E-state index contributed by atoms with van der Waals surface area (Å²) in [4.78, 5) is 21.3. The standard InChI is InChI=1S/C23H33N3O/c1-7-10-18(17-24-5)21(22(27)26-15-8-9-16-26)25(6)20-13-11-19(12-14-20)23(2,3)4/h7,10-14,17,21H,5,8-9,15-16H2,1-4,6H3/b10-7-,18-17+. The van der Waals surface area contributed by atoms with Crippen molar-refractivity contribution < 1.29 is 4.79 Å². The van der Waals surface area contributed by atoms with E-state index in [4.69, 9.17) is 0 Å². The Morgan fingerprint density at radius 2 is 1.81 bits per heavy atom. The van der Waals surface area contributed by atoms with Crippen LogP contribution in [0.3, 0.4) is 0 Å². The molecule has 1 aliphatic rings. The minimum Gasteiger partial charge on any atom is -0.359 e. The van der Waals surface area contributed by atoms with Crippen molar-refractivity contribution in [3.8, 4) is 0 Å². The largest absolute Gasteiger partial charge is 0.359 e. The Kier molecular flexibility index (Phi) is 7.00. The van der Waals surface area contributed by atoms with Gasteiger partial charge in [-0.1, -0.05) is 45.1 Å². The summed E-state index contributed by atoms with van der Waals surface area (Å²) in [5.41, 5.74) is 3.25. The summed E-state index contributed by atoms with van der Waals surface area (Å²) >= 11 is 0. The smallest absolute Gasteiger partial charge is 0.249 e. The molecule has 0 saturated carbocycles. The van der Waals surface area contributed by atoms with Crippen molar-refractivity contribution in [2.24, 2.45) is 4.99 Å². The van der Waals surface area contributed by atoms with Crippen LogP contribution in [0.5, 0.6) is 0 Å². The van der Waals surface area contributed by atoms with Crippen LogP contribution in [0.4, 0.5) is 5.69 Å². The molecule has 0 spiro atoms. The third kappa shape index (κ3) is 5.09. The topological polar surface area (TPSA) is 35.9 Å². The fraction of sp³-hybridized carbons (Fsp3) is 0.478. The molecule has 1 aliphatic heterocycles. The molecule has 1 atom stereocenters. The van der Waals surface area contributed by atoms with Gasteiger partial charge in [-0.05, 0) is 49.6 Å². The minimum absolute atomic E-state index is 0.102. The summed E-state index contributed by atoms with van der Waals surface area (Å²) in [6.07, 6.45) is 7.74. The Labute approximate surface area is 164 Å². The lowest BCUT2D eigenvalue weighted by Crippen LogP contribution is -2.47. The van der Waals surface area contributed by atoms with Gasteiger partial charge in [0.1, 0.15) is 6.04 Å². The van der Waals surface area contributed by atoms with Crippen molar-refractivity contribution in [3.63, 3.8) is 0 Å². The zero-order chi connectivity index (χ0) is 20.0. The molecule has 4 heteroatoms. The number of rotatable bonds is 6. The van der Waals surface area contributed by atoms with Gasteiger partial charge in [0.05, 0.1) is 0 Å². The number of carbonyl (C=O) groups excluding carboxylic acids is 1. The average molecular weight is 368 g/mol. The van der Waals surface area contributed by atoms with Crippen LogP contribution in [0.1, 0.15) is 46.1 Å². The molecule has 1 aromatic carbocycles. The summed E-state index contributed by atoms with van der Waals surface area (Å²) in [5.74, 6) is 0.128. The molecule has 1 fully saturated rings. The van der Waals surface area contributed by atoms with E-state index in [0.29, 0.717) is 0 Å². The highest BCUT2D eigenvalue weighted by Crippen LogP contribution is 2.27. The molecular formula is C23H33N3O. The second-order valence-electron chi connectivity index (χ2n) is 8.15. The van der Waals surface area contributed by atoms with Gasteiger partial charge in [0.25, 0.3) is 0 Å². The first-order valence-corrected chi connectivity index (χ1v) is 9.70. The number of benzene rings is 1. The van der Waals surface area contributed by atoms with E-state index in [1.54, 1.807) is 6.20 Å². The molecule has 0 N–H and O–H groups in total. The SMILES string of the molecule is C=N/C=C(\C=C/C)C(C(=O)N1CCCC1)N(C)c1ccc(C(C)(C)C)cc1. The molecule has 146 valence electrons. The maximum absolute atomic E-state index is 13.3. The van der Waals surface area contributed by atoms with Crippen molar-refractivity contribution in [3.05, 3.63) is 53.8 Å². The van der Waals surface area contributed by atoms with Gasteiger partial charge in [-0.3, -0.25) is 9.79 Å². The number of amides is 1. The average Bonchev–Trinajstić information content (AvgIpc) is 3.16. The van der Waals surface area contributed by atoms with Crippen molar-refractivity contribution in [2.45, 2.75) is 52.0 Å². The Balaban J connectivity index is 2.40. The van der Waals surface area contributed by atoms with Gasteiger partial charge in [0.2, 0.25) is 5.91 Å². The van der Waals surface area contributed by atoms with E-state index in [-0.39, 0.29) is 11.3 Å². The molecule has 0 radical (unpaired) electrons. The molecule has 0 bridgehead atoms. The number of hydrogen-bond donors (Lipinski definition) is 0. The second kappa shape index (κ2) is 9.03. The number of hydrogen-bond acceptors (Lipinski definition) is 3. The lowest BCUT2D eigenvalue weighted by Gasteiger charge is -2.33. The molecule has 27 heavy (non-hydrogen) atoms. The van der Waals surface area contributed by atoms with E-state index >= 15 is 0 Å². The third-order valence-corrected chi connectivity index (χ3v) is 5.09. The van der Waals surface area contributed by atoms with Crippen LogP contribution in [0.25, 0.3) is 0 Å². The molecule has 1 unspecified atom stereocenters. The first kappa shape index (κ1) is 20.9. The number of likely N-dealkylation sites (N-methyl/N-ethyl adjacent to an activating group) is 1. The van der Waals surface area contributed by atoms with E-state index in [9.17, 15) is 4.79 Å². The number of nitrogens with zero attached hydrogens (tertiary/aromatic N) is 3. The van der Waals surface area contributed by atoms with Crippen molar-refractivity contribution in [2.75, 3.05) is 25.0 Å². The monoisotopic (exact) mass is 367 g/mol. The molecule has 0 aliphatic carbocycles. The van der Waals surface area contributed by atoms with Crippen LogP contribution >= 0.6 is 0 Å². The Bertz CT molecular complexity index is 704. The van der Waals surface area contributed by atoms with Crippen molar-refractivity contribution >= 4 is 18.3 Å². The molecule has 0 aromatic heterocycles. The van der Waals surface area contributed by atoms with Crippen LogP contribution in [0.2, 0.25) is 0 Å². The van der Waals surface area contributed by atoms with Crippen LogP contribution in [-0.2, 0) is 10.2 Å². The lowest BCUT2D eigenvalue weighted by molar-refractivity contribution is -0.130. The van der Waals surface area contributed by atoms with Gasteiger partial charge in [-0.15, -0.1) is 0 Å². The van der Waals surface area contributed by atoms with E-state index < -0.39 is 6.04 Å². The number of anilines is 1. The Hall–Kier alpha value is -2.36. The molecule has 1 amide bonds. The summed E-state index contributed by atoms with van der Waals surface area (Å²) < 4.78 is 0. The summed E-state index contributed by atoms with van der Waals surface area (Å²) in [5, 5.41) is 0. The fourth-order valence-electron chi connectivity index (χ4n) is 3.49. The van der Waals surface area contributed by atoms with E-state index in [1.807, 2.05) is 35.9 Å². The van der Waals surface area contributed by atoms with E-state index in [1.165, 1.54) is 5.56 Å². The van der Waals surface area contributed by atoms with Crippen LogP contribution in [0, 0.1) is 0 Å². The normalized spacial score (nSPS) is 16.6. The molecule has 1 heterocycles. The van der Waals surface area contributed by atoms with Gasteiger partial charge in [0, 0.05) is 37.6 Å². The highest BCUT2D eigenvalue weighted by Gasteiger charge is 2.32. The maximum atomic E-state index is 13.3. The molecule has 2 rings (SSSR count). The van der Waals surface area contributed by atoms with Gasteiger partial charge < -0.3 is 9.80 Å². The van der Waals surface area contributed by atoms with Gasteiger partial charge >= 0.3 is 0 Å². The Morgan fingerprint density at radius 3 is 2.30 bits per heavy atom. The van der Waals surface area contributed by atoms with Crippen molar-refractivity contribution in [1.29, 1.82) is 0 Å². The Morgan fingerprint density at radius 1 is 1.22 bits per heavy atom. The zero-order valence-corrected chi connectivity index (χ0v) is 17.4. The second-order valence-corrected chi connectivity index (χ2v) is 8.15. The number of carbonyl (C=O) groups is 1. The maximum Gasteiger partial charge on any atom is 0.249 e. The first-order valence-electron chi connectivity index (χ1n) is 9.70. The van der Waals surface area contributed by atoms with Gasteiger partial charge in [-0.2, -0.15) is 0 Å². The number of likely N-dealkylation sites (tertiary alicyclic amines) is 1. The van der Waals surface area contributed by atoms with Crippen LogP contribution < -0.4 is 4.90 Å². The van der Waals surface area contributed by atoms with Crippen LogP contribution in [-0.4, -0.2) is 43.7 Å². The number of aliphatic imine (C=N–C) groups is 1. The van der Waals surface area contributed by atoms with Crippen molar-refractivity contribution in [1.82, 2.24) is 4.90 Å². The first-order chi connectivity index (χ1) is 12.8. The fourth-order valence-corrected chi connectivity index (χ4v) is 3.49. The van der Waals surface area contributed by atoms with Crippen LogP contribution in [0.15, 0.2) is 53.2 Å². The van der Waals surface area contributed by atoms with E-state index in [0.717, 1.165) is 37.2 Å². The minimum atomic E-state index is -0.412. The highest BCUT2D eigenvalue weighted by atomic mass is 16.2. The van der Waals surface area contributed by atoms with Gasteiger partial charge in [-0.25, -0.2) is 0 Å². The summed E-state index contributed by atoms with van der Waals surface area (Å²) in [6.45, 7) is 13.8. The lowest BCUT2D eigenvalue weighted by atomic mass is 9.87. The van der Waals surface area contributed by atoms with E-state index in [2.05, 4.69) is 56.7 Å². The van der Waals surface area contributed by atoms with Gasteiger partial charge in [0.15, 0.2) is 0 Å². The molecule has 1 saturated heterocycles. The number of allylic oxidation sites excluding steroid dienone is 1. The highest BCUT2D eigenvalue weighted by molar-refractivity contribution is 5.89. The zero-order valence-electron chi connectivity index (χ0n) is 17.4. The quantitative estimate of drug-likeness (QED) is 0.545. The summed E-state index contributed by atoms with van der Waals surface area (Å²) in [7, 11) is 1.98. The predicted molar refractivity (Wildman–Crippen MR) is 116 cm³/mol. The molecular weight excluding hydrogens is 334 g/mol. The summed E-state index contributed by atoms with van der Waals surface area (Å²) in [6, 6.07) is 8.08. The molecule has 1 aromatic rings.